The van der Waals surface area contributed by atoms with E-state index in [1.807, 2.05) is 0 Å². The molecule has 1 amide bonds. The zero-order valence-corrected chi connectivity index (χ0v) is 11.8. The van der Waals surface area contributed by atoms with E-state index >= 15 is 0 Å². The first-order valence-corrected chi connectivity index (χ1v) is 6.81. The quantitative estimate of drug-likeness (QED) is 0.832. The average molecular weight is 329 g/mol. The Bertz CT molecular complexity index is 627. The van der Waals surface area contributed by atoms with E-state index in [-0.39, 0.29) is 18.5 Å². The number of rotatable bonds is 4. The molecule has 0 bridgehead atoms. The lowest BCUT2D eigenvalue weighted by molar-refractivity contribution is -0.274. The molecule has 0 heterocycles. The molecule has 2 atom stereocenters. The van der Waals surface area contributed by atoms with Gasteiger partial charge in [0.25, 0.3) is 0 Å². The minimum atomic E-state index is -4.83. The third kappa shape index (κ3) is 4.73. The number of carbonyl (C=O) groups is 2. The van der Waals surface area contributed by atoms with Gasteiger partial charge in [-0.05, 0) is 25.0 Å². The van der Waals surface area contributed by atoms with E-state index in [1.54, 1.807) is 12.2 Å². The van der Waals surface area contributed by atoms with Crippen molar-refractivity contribution in [2.75, 3.05) is 5.32 Å². The van der Waals surface area contributed by atoms with Crippen LogP contribution in [0.2, 0.25) is 0 Å². The number of ether oxygens (including phenoxy) is 1. The van der Waals surface area contributed by atoms with Crippen molar-refractivity contribution in [1.29, 1.82) is 0 Å². The third-order valence-electron chi connectivity index (χ3n) is 3.42. The van der Waals surface area contributed by atoms with Crippen LogP contribution in [-0.2, 0) is 9.59 Å². The Morgan fingerprint density at radius 3 is 2.43 bits per heavy atom. The van der Waals surface area contributed by atoms with Crippen molar-refractivity contribution in [1.82, 2.24) is 0 Å². The molecule has 1 aliphatic rings. The number of nitrogens with one attached hydrogen (secondary N) is 1. The Morgan fingerprint density at radius 2 is 1.83 bits per heavy atom. The van der Waals surface area contributed by atoms with E-state index in [9.17, 15) is 22.8 Å². The summed E-state index contributed by atoms with van der Waals surface area (Å²) in [5.74, 6) is -3.72. The van der Waals surface area contributed by atoms with Crippen molar-refractivity contribution >= 4 is 17.6 Å². The van der Waals surface area contributed by atoms with Gasteiger partial charge in [0.1, 0.15) is 5.75 Å². The molecule has 0 saturated carbocycles. The van der Waals surface area contributed by atoms with Gasteiger partial charge < -0.3 is 15.2 Å². The van der Waals surface area contributed by atoms with E-state index < -0.39 is 35.8 Å². The molecule has 5 nitrogen and oxygen atoms in total. The molecule has 1 aromatic rings. The van der Waals surface area contributed by atoms with Crippen LogP contribution in [0.25, 0.3) is 0 Å². The van der Waals surface area contributed by atoms with Crippen molar-refractivity contribution in [3.05, 3.63) is 36.4 Å². The molecule has 0 aliphatic heterocycles. The van der Waals surface area contributed by atoms with Crippen LogP contribution in [0.15, 0.2) is 36.4 Å². The first-order valence-electron chi connectivity index (χ1n) is 6.81. The highest BCUT2D eigenvalue weighted by Gasteiger charge is 2.34. The number of hydrogen-bond acceptors (Lipinski definition) is 3. The number of carbonyl (C=O) groups excluding carboxylic acids is 1. The van der Waals surface area contributed by atoms with Gasteiger partial charge in [-0.1, -0.05) is 18.2 Å². The third-order valence-corrected chi connectivity index (χ3v) is 3.42. The molecule has 23 heavy (non-hydrogen) atoms. The van der Waals surface area contributed by atoms with E-state index in [0.29, 0.717) is 0 Å². The van der Waals surface area contributed by atoms with Gasteiger partial charge in [0, 0.05) is 11.8 Å². The molecule has 0 fully saturated rings. The summed E-state index contributed by atoms with van der Waals surface area (Å²) in [5, 5.41) is 11.6. The fourth-order valence-corrected chi connectivity index (χ4v) is 2.38. The fourth-order valence-electron chi connectivity index (χ4n) is 2.38. The predicted octanol–water partition coefficient (Wildman–Crippen LogP) is 3.19. The summed E-state index contributed by atoms with van der Waals surface area (Å²) in [5.41, 5.74) is 0.107. The molecule has 1 aromatic carbocycles. The highest BCUT2D eigenvalue weighted by atomic mass is 19.4. The number of amides is 1. The molecule has 0 radical (unpaired) electrons. The maximum Gasteiger partial charge on any atom is 0.573 e. The van der Waals surface area contributed by atoms with Crippen LogP contribution in [0, 0.1) is 11.8 Å². The largest absolute Gasteiger partial charge is 0.573 e. The Balaban J connectivity index is 2.09. The lowest BCUT2D eigenvalue weighted by Gasteiger charge is -2.24. The zero-order chi connectivity index (χ0) is 17.0. The van der Waals surface area contributed by atoms with E-state index in [1.165, 1.54) is 12.1 Å². The molecule has 0 saturated heterocycles. The van der Waals surface area contributed by atoms with Crippen LogP contribution in [0.4, 0.5) is 18.9 Å². The summed E-state index contributed by atoms with van der Waals surface area (Å²) in [6, 6.07) is 4.83. The number of allylic oxidation sites excluding steroid dienone is 2. The van der Waals surface area contributed by atoms with Gasteiger partial charge >= 0.3 is 12.3 Å². The zero-order valence-electron chi connectivity index (χ0n) is 11.8. The van der Waals surface area contributed by atoms with Gasteiger partial charge in [0.05, 0.1) is 11.8 Å². The number of carboxylic acid groups (broad SMARTS) is 1. The highest BCUT2D eigenvalue weighted by Crippen LogP contribution is 2.29. The van der Waals surface area contributed by atoms with Crippen molar-refractivity contribution in [3.8, 4) is 5.75 Å². The number of benzene rings is 1. The fraction of sp³-hybridized carbons (Fsp3) is 0.333. The van der Waals surface area contributed by atoms with Gasteiger partial charge in [-0.25, -0.2) is 0 Å². The number of alkyl halides is 3. The van der Waals surface area contributed by atoms with Crippen LogP contribution >= 0.6 is 0 Å². The number of aliphatic carboxylic acids is 1. The van der Waals surface area contributed by atoms with Crippen LogP contribution in [0.5, 0.6) is 5.75 Å². The molecular weight excluding hydrogens is 315 g/mol. The van der Waals surface area contributed by atoms with Gasteiger partial charge in [-0.15, -0.1) is 13.2 Å². The lowest BCUT2D eigenvalue weighted by atomic mass is 9.82. The molecule has 2 N–H and O–H groups in total. The molecule has 0 spiro atoms. The monoisotopic (exact) mass is 329 g/mol. The van der Waals surface area contributed by atoms with Gasteiger partial charge in [-0.3, -0.25) is 9.59 Å². The Kier molecular flexibility index (Phi) is 4.92. The molecule has 1 aliphatic carbocycles. The van der Waals surface area contributed by atoms with Crippen molar-refractivity contribution in [2.24, 2.45) is 11.8 Å². The Hall–Kier alpha value is -2.51. The molecule has 124 valence electrons. The van der Waals surface area contributed by atoms with E-state index in [2.05, 4.69) is 10.1 Å². The minimum Gasteiger partial charge on any atom is -0.481 e. The summed E-state index contributed by atoms with van der Waals surface area (Å²) in [6.07, 6.45) is -0.912. The van der Waals surface area contributed by atoms with Crippen LogP contribution in [-0.4, -0.2) is 23.3 Å². The normalized spacial score (nSPS) is 20.8. The average Bonchev–Trinajstić information content (AvgIpc) is 2.45. The molecule has 0 aromatic heterocycles. The Labute approximate surface area is 129 Å². The SMILES string of the molecule is O=C(O)C1CC=CCC1C(=O)Nc1cccc(OC(F)(F)F)c1. The second kappa shape index (κ2) is 6.72. The molecule has 2 unspecified atom stereocenters. The maximum absolute atomic E-state index is 12.2. The van der Waals surface area contributed by atoms with E-state index in [4.69, 9.17) is 5.11 Å². The topological polar surface area (TPSA) is 75.6 Å². The smallest absolute Gasteiger partial charge is 0.481 e. The number of carboxylic acids is 1. The van der Waals surface area contributed by atoms with Crippen molar-refractivity contribution in [2.45, 2.75) is 19.2 Å². The van der Waals surface area contributed by atoms with Crippen molar-refractivity contribution < 1.29 is 32.6 Å². The minimum absolute atomic E-state index is 0.107. The summed E-state index contributed by atoms with van der Waals surface area (Å²) in [4.78, 5) is 23.4. The first kappa shape index (κ1) is 16.9. The molecule has 2 rings (SSSR count). The van der Waals surface area contributed by atoms with Crippen molar-refractivity contribution in [3.63, 3.8) is 0 Å². The molecule has 8 heteroatoms. The summed E-state index contributed by atoms with van der Waals surface area (Å²) in [7, 11) is 0. The van der Waals surface area contributed by atoms with E-state index in [0.717, 1.165) is 12.1 Å². The summed E-state index contributed by atoms with van der Waals surface area (Å²) in [6.45, 7) is 0. The number of halogens is 3. The van der Waals surface area contributed by atoms with Gasteiger partial charge in [0.15, 0.2) is 0 Å². The molecular formula is C15H14F3NO4. The van der Waals surface area contributed by atoms with Crippen LogP contribution in [0.1, 0.15) is 12.8 Å². The second-order valence-corrected chi connectivity index (χ2v) is 5.06. The predicted molar refractivity (Wildman–Crippen MR) is 74.7 cm³/mol. The summed E-state index contributed by atoms with van der Waals surface area (Å²) < 4.78 is 40.3. The van der Waals surface area contributed by atoms with Gasteiger partial charge in [0.2, 0.25) is 5.91 Å². The number of anilines is 1. The maximum atomic E-state index is 12.2. The lowest BCUT2D eigenvalue weighted by Crippen LogP contribution is -2.34. The van der Waals surface area contributed by atoms with Gasteiger partial charge in [-0.2, -0.15) is 0 Å². The first-order chi connectivity index (χ1) is 10.8. The number of hydrogen-bond donors (Lipinski definition) is 2. The standard InChI is InChI=1S/C15H14F3NO4/c16-15(17,18)23-10-5-3-4-9(8-10)19-13(20)11-6-1-2-7-12(11)14(21)22/h1-5,8,11-12H,6-7H2,(H,19,20)(H,21,22). The Morgan fingerprint density at radius 1 is 1.17 bits per heavy atom. The highest BCUT2D eigenvalue weighted by molar-refractivity contribution is 5.95. The second-order valence-electron chi connectivity index (χ2n) is 5.06. The van der Waals surface area contributed by atoms with Crippen LogP contribution in [0.3, 0.4) is 0 Å². The van der Waals surface area contributed by atoms with Crippen LogP contribution < -0.4 is 10.1 Å². The summed E-state index contributed by atoms with van der Waals surface area (Å²) >= 11 is 0.